The Labute approximate surface area is 209 Å². The zero-order chi connectivity index (χ0) is 24.3. The number of hydrogen-bond donors (Lipinski definition) is 2. The van der Waals surface area contributed by atoms with Crippen molar-refractivity contribution in [3.63, 3.8) is 0 Å². The minimum atomic E-state index is -0.715. The molecule has 0 bridgehead atoms. The van der Waals surface area contributed by atoms with Gasteiger partial charge in [-0.05, 0) is 41.8 Å². The molecule has 3 aromatic carbocycles. The average molecular weight is 521 g/mol. The van der Waals surface area contributed by atoms with Crippen LogP contribution in [-0.2, 0) is 22.4 Å². The van der Waals surface area contributed by atoms with E-state index >= 15 is 0 Å². The Bertz CT molecular complexity index is 1100. The van der Waals surface area contributed by atoms with Crippen molar-refractivity contribution in [3.05, 3.63) is 113 Å². The van der Waals surface area contributed by atoms with Gasteiger partial charge in [-0.2, -0.15) is 0 Å². The third-order valence-corrected chi connectivity index (χ3v) is 6.12. The maximum atomic E-state index is 13.2. The summed E-state index contributed by atoms with van der Waals surface area (Å²) in [6, 6.07) is 23.9. The van der Waals surface area contributed by atoms with Gasteiger partial charge in [0.05, 0.1) is 12.5 Å². The van der Waals surface area contributed by atoms with Gasteiger partial charge in [0.1, 0.15) is 18.4 Å². The van der Waals surface area contributed by atoms with Gasteiger partial charge >= 0.3 is 0 Å². The van der Waals surface area contributed by atoms with Crippen molar-refractivity contribution in [2.75, 3.05) is 6.61 Å². The van der Waals surface area contributed by atoms with Gasteiger partial charge in [0.15, 0.2) is 0 Å². The molecule has 0 saturated carbocycles. The van der Waals surface area contributed by atoms with Crippen molar-refractivity contribution in [2.24, 2.45) is 0 Å². The van der Waals surface area contributed by atoms with Crippen molar-refractivity contribution in [1.82, 2.24) is 10.6 Å². The van der Waals surface area contributed by atoms with E-state index in [0.29, 0.717) is 18.8 Å². The van der Waals surface area contributed by atoms with Gasteiger partial charge < -0.3 is 15.4 Å². The van der Waals surface area contributed by atoms with Crippen LogP contribution in [-0.4, -0.2) is 24.5 Å². The number of halogens is 1. The van der Waals surface area contributed by atoms with Gasteiger partial charge in [-0.25, -0.2) is 0 Å². The number of benzene rings is 3. The molecular weight excluding hydrogens is 492 g/mol. The van der Waals surface area contributed by atoms with E-state index in [0.717, 1.165) is 21.2 Å². The predicted molar refractivity (Wildman–Crippen MR) is 139 cm³/mol. The van der Waals surface area contributed by atoms with Gasteiger partial charge in [0, 0.05) is 10.9 Å². The standard InChI is InChI=1S/C28H29BrN2O3/c1-3-17-34-24-15-13-21(14-16-24)18-27(32)31-26(19-23-11-7-8-12-25(23)29)28(33)30-20(2)22-9-5-4-6-10-22/h3-16,20,26H,1,17-19H2,2H3,(H,30,33)(H,31,32)/t20-,26-/m0/s1. The quantitative estimate of drug-likeness (QED) is 0.343. The maximum absolute atomic E-state index is 13.2. The lowest BCUT2D eigenvalue weighted by atomic mass is 10.0. The molecule has 0 aliphatic carbocycles. The van der Waals surface area contributed by atoms with E-state index in [1.807, 2.05) is 85.8 Å². The molecule has 0 radical (unpaired) electrons. The smallest absolute Gasteiger partial charge is 0.243 e. The highest BCUT2D eigenvalue weighted by Crippen LogP contribution is 2.19. The summed E-state index contributed by atoms with van der Waals surface area (Å²) >= 11 is 3.54. The lowest BCUT2D eigenvalue weighted by Gasteiger charge is -2.22. The molecule has 0 aromatic heterocycles. The van der Waals surface area contributed by atoms with Crippen LogP contribution in [0, 0.1) is 0 Å². The molecule has 2 atom stereocenters. The Morgan fingerprint density at radius 1 is 0.971 bits per heavy atom. The van der Waals surface area contributed by atoms with Crippen LogP contribution in [0.3, 0.4) is 0 Å². The number of carbonyl (C=O) groups excluding carboxylic acids is 2. The van der Waals surface area contributed by atoms with Gasteiger partial charge in [-0.15, -0.1) is 0 Å². The Balaban J connectivity index is 1.69. The molecule has 3 aromatic rings. The summed E-state index contributed by atoms with van der Waals surface area (Å²) in [6.07, 6.45) is 2.21. The van der Waals surface area contributed by atoms with Crippen LogP contribution in [0.1, 0.15) is 29.7 Å². The lowest BCUT2D eigenvalue weighted by Crippen LogP contribution is -2.49. The molecule has 2 amide bonds. The fraction of sp³-hybridized carbons (Fsp3) is 0.214. The summed E-state index contributed by atoms with van der Waals surface area (Å²) in [4.78, 5) is 26.1. The number of nitrogens with one attached hydrogen (secondary N) is 2. The zero-order valence-electron chi connectivity index (χ0n) is 19.2. The Kier molecular flexibility index (Phi) is 9.47. The topological polar surface area (TPSA) is 67.4 Å². The third-order valence-electron chi connectivity index (χ3n) is 5.35. The lowest BCUT2D eigenvalue weighted by molar-refractivity contribution is -0.129. The third kappa shape index (κ3) is 7.59. The Morgan fingerprint density at radius 2 is 1.65 bits per heavy atom. The van der Waals surface area contributed by atoms with Crippen molar-refractivity contribution in [2.45, 2.75) is 31.8 Å². The van der Waals surface area contributed by atoms with Gasteiger partial charge in [0.2, 0.25) is 11.8 Å². The molecule has 0 heterocycles. The summed E-state index contributed by atoms with van der Waals surface area (Å²) in [5.41, 5.74) is 2.78. The van der Waals surface area contributed by atoms with Crippen molar-refractivity contribution in [1.29, 1.82) is 0 Å². The molecule has 0 aliphatic heterocycles. The largest absolute Gasteiger partial charge is 0.490 e. The minimum Gasteiger partial charge on any atom is -0.490 e. The van der Waals surface area contributed by atoms with Gasteiger partial charge in [-0.3, -0.25) is 9.59 Å². The molecule has 3 rings (SSSR count). The molecule has 5 nitrogen and oxygen atoms in total. The van der Waals surface area contributed by atoms with E-state index < -0.39 is 6.04 Å². The van der Waals surface area contributed by atoms with E-state index in [2.05, 4.69) is 33.1 Å². The van der Waals surface area contributed by atoms with Crippen molar-refractivity contribution in [3.8, 4) is 5.75 Å². The molecular formula is C28H29BrN2O3. The summed E-state index contributed by atoms with van der Waals surface area (Å²) in [6.45, 7) is 5.99. The van der Waals surface area contributed by atoms with Gasteiger partial charge in [-0.1, -0.05) is 89.2 Å². The molecule has 2 N–H and O–H groups in total. The van der Waals surface area contributed by atoms with Crippen LogP contribution in [0.15, 0.2) is 96.0 Å². The molecule has 6 heteroatoms. The Morgan fingerprint density at radius 3 is 2.32 bits per heavy atom. The first-order valence-corrected chi connectivity index (χ1v) is 12.0. The number of hydrogen-bond acceptors (Lipinski definition) is 3. The first kappa shape index (κ1) is 25.2. The van der Waals surface area contributed by atoms with Crippen LogP contribution < -0.4 is 15.4 Å². The highest BCUT2D eigenvalue weighted by molar-refractivity contribution is 9.10. The molecule has 0 aliphatic rings. The van der Waals surface area contributed by atoms with E-state index in [1.165, 1.54) is 0 Å². The van der Waals surface area contributed by atoms with E-state index in [9.17, 15) is 9.59 Å². The summed E-state index contributed by atoms with van der Waals surface area (Å²) < 4.78 is 6.38. The van der Waals surface area contributed by atoms with Crippen LogP contribution in [0.4, 0.5) is 0 Å². The number of carbonyl (C=O) groups is 2. The number of rotatable bonds is 11. The maximum Gasteiger partial charge on any atom is 0.243 e. The van der Waals surface area contributed by atoms with E-state index in [1.54, 1.807) is 6.08 Å². The highest BCUT2D eigenvalue weighted by Gasteiger charge is 2.24. The molecule has 176 valence electrons. The zero-order valence-corrected chi connectivity index (χ0v) is 20.8. The summed E-state index contributed by atoms with van der Waals surface area (Å²) in [5.74, 6) is 0.262. The minimum absolute atomic E-state index is 0.162. The second-order valence-corrected chi connectivity index (χ2v) is 8.83. The van der Waals surface area contributed by atoms with Gasteiger partial charge in [0.25, 0.3) is 0 Å². The van der Waals surface area contributed by atoms with Crippen LogP contribution >= 0.6 is 15.9 Å². The normalized spacial score (nSPS) is 12.3. The summed E-state index contributed by atoms with van der Waals surface area (Å²) in [5, 5.41) is 5.97. The SMILES string of the molecule is C=CCOc1ccc(CC(=O)N[C@@H](Cc2ccccc2Br)C(=O)N[C@@H](C)c2ccccc2)cc1. The monoisotopic (exact) mass is 520 g/mol. The number of ether oxygens (including phenoxy) is 1. The van der Waals surface area contributed by atoms with Crippen LogP contribution in [0.5, 0.6) is 5.75 Å². The van der Waals surface area contributed by atoms with E-state index in [-0.39, 0.29) is 24.3 Å². The van der Waals surface area contributed by atoms with Crippen LogP contribution in [0.25, 0.3) is 0 Å². The molecule has 34 heavy (non-hydrogen) atoms. The Hall–Kier alpha value is -3.38. The molecule has 0 spiro atoms. The first-order chi connectivity index (χ1) is 16.5. The fourth-order valence-electron chi connectivity index (χ4n) is 3.52. The molecule has 0 unspecified atom stereocenters. The number of amides is 2. The fourth-order valence-corrected chi connectivity index (χ4v) is 3.97. The second kappa shape index (κ2) is 12.8. The van der Waals surface area contributed by atoms with Crippen molar-refractivity contribution >= 4 is 27.7 Å². The summed E-state index contributed by atoms with van der Waals surface area (Å²) in [7, 11) is 0. The molecule has 0 fully saturated rings. The van der Waals surface area contributed by atoms with Crippen molar-refractivity contribution < 1.29 is 14.3 Å². The average Bonchev–Trinajstić information content (AvgIpc) is 2.85. The first-order valence-electron chi connectivity index (χ1n) is 11.2. The highest BCUT2D eigenvalue weighted by atomic mass is 79.9. The van der Waals surface area contributed by atoms with Crippen LogP contribution in [0.2, 0.25) is 0 Å². The predicted octanol–water partition coefficient (Wildman–Crippen LogP) is 5.16. The molecule has 0 saturated heterocycles. The van der Waals surface area contributed by atoms with E-state index in [4.69, 9.17) is 4.74 Å². The second-order valence-electron chi connectivity index (χ2n) is 7.98.